The quantitative estimate of drug-likeness (QED) is 0.648. The van der Waals surface area contributed by atoms with Gasteiger partial charge in [-0.05, 0) is 40.6 Å². The van der Waals surface area contributed by atoms with Gasteiger partial charge >= 0.3 is 0 Å². The zero-order valence-corrected chi connectivity index (χ0v) is 9.28. The highest BCUT2D eigenvalue weighted by molar-refractivity contribution is 7.08. The Morgan fingerprint density at radius 1 is 1.31 bits per heavy atom. The van der Waals surface area contributed by atoms with E-state index in [0.29, 0.717) is 5.56 Å². The van der Waals surface area contributed by atoms with Gasteiger partial charge in [-0.1, -0.05) is 18.2 Å². The Kier molecular flexibility index (Phi) is 3.17. The van der Waals surface area contributed by atoms with Crippen molar-refractivity contribution in [2.45, 2.75) is 0 Å². The molecule has 2 rings (SSSR count). The summed E-state index contributed by atoms with van der Waals surface area (Å²) in [6.07, 6.45) is 3.28. The summed E-state index contributed by atoms with van der Waals surface area (Å²) in [7, 11) is 0. The SMILES string of the molecule is O=C(/C=C/c1ccsc1)c1cccc(O)c1. The van der Waals surface area contributed by atoms with Crippen molar-refractivity contribution in [2.75, 3.05) is 0 Å². The van der Waals surface area contributed by atoms with E-state index in [2.05, 4.69) is 0 Å². The maximum Gasteiger partial charge on any atom is 0.185 e. The van der Waals surface area contributed by atoms with Gasteiger partial charge in [0.15, 0.2) is 5.78 Å². The Morgan fingerprint density at radius 3 is 2.88 bits per heavy atom. The molecule has 80 valence electrons. The van der Waals surface area contributed by atoms with E-state index in [-0.39, 0.29) is 11.5 Å². The van der Waals surface area contributed by atoms with Gasteiger partial charge in [0.25, 0.3) is 0 Å². The number of thiophene rings is 1. The summed E-state index contributed by atoms with van der Waals surface area (Å²) < 4.78 is 0. The molecule has 0 radical (unpaired) electrons. The minimum atomic E-state index is -0.109. The number of hydrogen-bond acceptors (Lipinski definition) is 3. The van der Waals surface area contributed by atoms with Crippen LogP contribution in [0.2, 0.25) is 0 Å². The molecule has 0 unspecified atom stereocenters. The zero-order chi connectivity index (χ0) is 11.4. The highest BCUT2D eigenvalue weighted by Gasteiger charge is 2.01. The van der Waals surface area contributed by atoms with Crippen LogP contribution in [0.25, 0.3) is 6.08 Å². The van der Waals surface area contributed by atoms with Crippen LogP contribution >= 0.6 is 11.3 Å². The Bertz CT molecular complexity index is 512. The van der Waals surface area contributed by atoms with Crippen LogP contribution in [-0.2, 0) is 0 Å². The van der Waals surface area contributed by atoms with Gasteiger partial charge in [0.05, 0.1) is 0 Å². The summed E-state index contributed by atoms with van der Waals surface area (Å²) in [5.74, 6) is -0.00289. The molecule has 1 heterocycles. The molecule has 1 aromatic carbocycles. The molecule has 16 heavy (non-hydrogen) atoms. The number of aromatic hydroxyl groups is 1. The van der Waals surface area contributed by atoms with Gasteiger partial charge in [-0.3, -0.25) is 4.79 Å². The summed E-state index contributed by atoms with van der Waals surface area (Å²) in [5.41, 5.74) is 1.50. The third-order valence-corrected chi connectivity index (χ3v) is 2.80. The lowest BCUT2D eigenvalue weighted by molar-refractivity contribution is 0.104. The Labute approximate surface area is 97.5 Å². The van der Waals surface area contributed by atoms with Crippen LogP contribution < -0.4 is 0 Å². The molecular weight excluding hydrogens is 220 g/mol. The van der Waals surface area contributed by atoms with Crippen LogP contribution in [0.15, 0.2) is 47.2 Å². The number of benzene rings is 1. The fourth-order valence-electron chi connectivity index (χ4n) is 1.30. The lowest BCUT2D eigenvalue weighted by Gasteiger charge is -1.96. The Hall–Kier alpha value is -1.87. The van der Waals surface area contributed by atoms with Crippen molar-refractivity contribution in [2.24, 2.45) is 0 Å². The fourth-order valence-corrected chi connectivity index (χ4v) is 1.93. The molecule has 0 spiro atoms. The van der Waals surface area contributed by atoms with E-state index >= 15 is 0 Å². The average Bonchev–Trinajstić information content (AvgIpc) is 2.78. The van der Waals surface area contributed by atoms with Crippen LogP contribution in [0.5, 0.6) is 5.75 Å². The monoisotopic (exact) mass is 230 g/mol. The first kappa shape index (κ1) is 10.6. The average molecular weight is 230 g/mol. The topological polar surface area (TPSA) is 37.3 Å². The van der Waals surface area contributed by atoms with Crippen LogP contribution in [0.4, 0.5) is 0 Å². The van der Waals surface area contributed by atoms with Gasteiger partial charge in [-0.25, -0.2) is 0 Å². The van der Waals surface area contributed by atoms with Gasteiger partial charge in [0.1, 0.15) is 5.75 Å². The van der Waals surface area contributed by atoms with Gasteiger partial charge in [0.2, 0.25) is 0 Å². The number of rotatable bonds is 3. The van der Waals surface area contributed by atoms with Crippen LogP contribution in [0.3, 0.4) is 0 Å². The summed E-state index contributed by atoms with van der Waals surface area (Å²) in [6.45, 7) is 0. The van der Waals surface area contributed by atoms with Crippen LogP contribution in [0, 0.1) is 0 Å². The third kappa shape index (κ3) is 2.58. The molecule has 0 aliphatic heterocycles. The predicted octanol–water partition coefficient (Wildman–Crippen LogP) is 3.35. The van der Waals surface area contributed by atoms with E-state index in [1.165, 1.54) is 12.1 Å². The number of ketones is 1. The van der Waals surface area contributed by atoms with Crippen molar-refractivity contribution >= 4 is 23.2 Å². The van der Waals surface area contributed by atoms with E-state index in [0.717, 1.165) is 5.56 Å². The van der Waals surface area contributed by atoms with E-state index in [1.54, 1.807) is 35.6 Å². The first-order chi connectivity index (χ1) is 7.75. The predicted molar refractivity (Wildman–Crippen MR) is 65.8 cm³/mol. The number of phenolic OH excluding ortho intramolecular Hbond substituents is 1. The first-order valence-corrected chi connectivity index (χ1v) is 5.73. The van der Waals surface area contributed by atoms with Crippen molar-refractivity contribution in [1.29, 1.82) is 0 Å². The number of carbonyl (C=O) groups is 1. The summed E-state index contributed by atoms with van der Waals surface area (Å²) in [5, 5.41) is 13.2. The minimum Gasteiger partial charge on any atom is -0.508 e. The molecule has 1 N–H and O–H groups in total. The lowest BCUT2D eigenvalue weighted by atomic mass is 10.1. The number of phenols is 1. The summed E-state index contributed by atoms with van der Waals surface area (Å²) in [4.78, 5) is 11.7. The van der Waals surface area contributed by atoms with E-state index in [9.17, 15) is 9.90 Å². The molecule has 0 aliphatic carbocycles. The summed E-state index contributed by atoms with van der Waals surface area (Å²) >= 11 is 1.59. The molecule has 0 atom stereocenters. The number of carbonyl (C=O) groups excluding carboxylic acids is 1. The standard InChI is InChI=1S/C13H10O2S/c14-12-3-1-2-11(8-12)13(15)5-4-10-6-7-16-9-10/h1-9,14H/b5-4+. The second-order valence-electron chi connectivity index (χ2n) is 3.30. The maximum atomic E-state index is 11.7. The van der Waals surface area contributed by atoms with Crippen molar-refractivity contribution in [1.82, 2.24) is 0 Å². The van der Waals surface area contributed by atoms with Gasteiger partial charge in [-0.2, -0.15) is 11.3 Å². The van der Waals surface area contributed by atoms with E-state index < -0.39 is 0 Å². The first-order valence-electron chi connectivity index (χ1n) is 4.79. The van der Waals surface area contributed by atoms with Crippen molar-refractivity contribution in [3.63, 3.8) is 0 Å². The van der Waals surface area contributed by atoms with E-state index in [4.69, 9.17) is 0 Å². The van der Waals surface area contributed by atoms with E-state index in [1.807, 2.05) is 16.8 Å². The molecule has 1 aromatic heterocycles. The van der Waals surface area contributed by atoms with Crippen LogP contribution in [0.1, 0.15) is 15.9 Å². The zero-order valence-electron chi connectivity index (χ0n) is 8.46. The lowest BCUT2D eigenvalue weighted by Crippen LogP contribution is -1.92. The van der Waals surface area contributed by atoms with Gasteiger partial charge in [0, 0.05) is 5.56 Å². The largest absolute Gasteiger partial charge is 0.508 e. The minimum absolute atomic E-state index is 0.106. The molecule has 0 aliphatic rings. The smallest absolute Gasteiger partial charge is 0.185 e. The normalized spacial score (nSPS) is 10.8. The Balaban J connectivity index is 2.15. The van der Waals surface area contributed by atoms with Gasteiger partial charge < -0.3 is 5.11 Å². The van der Waals surface area contributed by atoms with Crippen molar-refractivity contribution in [3.05, 3.63) is 58.3 Å². The second kappa shape index (κ2) is 4.77. The molecule has 3 heteroatoms. The molecule has 2 nitrogen and oxygen atoms in total. The highest BCUT2D eigenvalue weighted by atomic mass is 32.1. The fraction of sp³-hybridized carbons (Fsp3) is 0. The molecule has 0 saturated heterocycles. The second-order valence-corrected chi connectivity index (χ2v) is 4.08. The number of hydrogen-bond donors (Lipinski definition) is 1. The number of allylic oxidation sites excluding steroid dienone is 1. The summed E-state index contributed by atoms with van der Waals surface area (Å²) in [6, 6.07) is 8.28. The molecule has 0 bridgehead atoms. The van der Waals surface area contributed by atoms with Crippen molar-refractivity contribution in [3.8, 4) is 5.75 Å². The molecule has 2 aromatic rings. The van der Waals surface area contributed by atoms with Crippen molar-refractivity contribution < 1.29 is 9.90 Å². The molecule has 0 fully saturated rings. The molecular formula is C13H10O2S. The molecule has 0 saturated carbocycles. The highest BCUT2D eigenvalue weighted by Crippen LogP contribution is 2.13. The van der Waals surface area contributed by atoms with Gasteiger partial charge in [-0.15, -0.1) is 0 Å². The maximum absolute atomic E-state index is 11.7. The van der Waals surface area contributed by atoms with Crippen LogP contribution in [-0.4, -0.2) is 10.9 Å². The third-order valence-electron chi connectivity index (χ3n) is 2.10. The Morgan fingerprint density at radius 2 is 2.19 bits per heavy atom. The molecule has 0 amide bonds.